The van der Waals surface area contributed by atoms with E-state index < -0.39 is 0 Å². The summed E-state index contributed by atoms with van der Waals surface area (Å²) in [5.41, 5.74) is 4.18. The van der Waals surface area contributed by atoms with Crippen molar-refractivity contribution in [2.24, 2.45) is 0 Å². The molecule has 0 aliphatic heterocycles. The highest BCUT2D eigenvalue weighted by Gasteiger charge is 2.17. The van der Waals surface area contributed by atoms with Gasteiger partial charge in [0.15, 0.2) is 0 Å². The van der Waals surface area contributed by atoms with Crippen molar-refractivity contribution in [2.45, 2.75) is 33.1 Å². The van der Waals surface area contributed by atoms with Crippen molar-refractivity contribution >= 4 is 5.52 Å². The molecule has 14 heavy (non-hydrogen) atoms. The summed E-state index contributed by atoms with van der Waals surface area (Å²) in [7, 11) is 0. The second-order valence-electron chi connectivity index (χ2n) is 4.90. The molecule has 2 rings (SSSR count). The van der Waals surface area contributed by atoms with Gasteiger partial charge in [0.05, 0.1) is 0 Å². The number of rotatable bonds is 0. The third-order valence-corrected chi connectivity index (χ3v) is 2.64. The van der Waals surface area contributed by atoms with Crippen LogP contribution < -0.4 is 0 Å². The molecule has 1 nitrogen and oxygen atoms in total. The smallest absolute Gasteiger partial charge is 0.0455 e. The topological polar surface area (TPSA) is 4.41 Å². The molecule has 0 radical (unpaired) electrons. The predicted molar refractivity (Wildman–Crippen MR) is 60.8 cm³/mol. The second-order valence-corrected chi connectivity index (χ2v) is 4.90. The van der Waals surface area contributed by atoms with Crippen LogP contribution >= 0.6 is 0 Å². The Labute approximate surface area is 85.4 Å². The minimum absolute atomic E-state index is 0.207. The summed E-state index contributed by atoms with van der Waals surface area (Å²) >= 11 is 0. The molecule has 0 aliphatic rings. The van der Waals surface area contributed by atoms with Crippen molar-refractivity contribution in [3.05, 3.63) is 41.7 Å². The van der Waals surface area contributed by atoms with E-state index in [9.17, 15) is 0 Å². The minimum atomic E-state index is 0.207. The van der Waals surface area contributed by atoms with Gasteiger partial charge < -0.3 is 4.40 Å². The summed E-state index contributed by atoms with van der Waals surface area (Å²) in [4.78, 5) is 0. The first-order valence-electron chi connectivity index (χ1n) is 5.08. The normalized spacial score (nSPS) is 12.3. The van der Waals surface area contributed by atoms with Crippen LogP contribution in [0.2, 0.25) is 0 Å². The number of aryl methyl sites for hydroxylation is 1. The van der Waals surface area contributed by atoms with E-state index in [0.717, 1.165) is 0 Å². The van der Waals surface area contributed by atoms with Gasteiger partial charge >= 0.3 is 0 Å². The number of hydrogen-bond donors (Lipinski definition) is 0. The average Bonchev–Trinajstić information content (AvgIpc) is 2.47. The maximum Gasteiger partial charge on any atom is 0.0455 e. The van der Waals surface area contributed by atoms with Gasteiger partial charge in [-0.15, -0.1) is 0 Å². The standard InChI is InChI=1S/C13H17N/c1-10-6-5-7-11-8-9-12(14(10)11)13(2,3)4/h5-9H,1-4H3. The quantitative estimate of drug-likeness (QED) is 0.594. The van der Waals surface area contributed by atoms with Crippen LogP contribution in [0.15, 0.2) is 30.3 Å². The number of aromatic nitrogens is 1. The van der Waals surface area contributed by atoms with E-state index in [1.165, 1.54) is 16.9 Å². The van der Waals surface area contributed by atoms with E-state index in [4.69, 9.17) is 0 Å². The predicted octanol–water partition coefficient (Wildman–Crippen LogP) is 3.55. The molecule has 0 atom stereocenters. The SMILES string of the molecule is Cc1cccc2ccc(C(C)(C)C)n12. The summed E-state index contributed by atoms with van der Waals surface area (Å²) in [6.45, 7) is 8.91. The van der Waals surface area contributed by atoms with Crippen LogP contribution in [0.1, 0.15) is 32.2 Å². The fourth-order valence-corrected chi connectivity index (χ4v) is 1.92. The molecular weight excluding hydrogens is 170 g/mol. The molecule has 2 heterocycles. The van der Waals surface area contributed by atoms with Crippen molar-refractivity contribution in [1.82, 2.24) is 4.40 Å². The largest absolute Gasteiger partial charge is 0.318 e. The number of nitrogens with zero attached hydrogens (tertiary/aromatic N) is 1. The van der Waals surface area contributed by atoms with Gasteiger partial charge in [0.25, 0.3) is 0 Å². The fraction of sp³-hybridized carbons (Fsp3) is 0.385. The minimum Gasteiger partial charge on any atom is -0.318 e. The van der Waals surface area contributed by atoms with Gasteiger partial charge in [-0.1, -0.05) is 26.8 Å². The van der Waals surface area contributed by atoms with Crippen molar-refractivity contribution in [3.63, 3.8) is 0 Å². The highest BCUT2D eigenvalue weighted by molar-refractivity contribution is 5.52. The molecule has 0 aromatic carbocycles. The highest BCUT2D eigenvalue weighted by Crippen LogP contribution is 2.25. The molecule has 0 N–H and O–H groups in total. The molecule has 0 aliphatic carbocycles. The molecule has 0 saturated carbocycles. The van der Waals surface area contributed by atoms with Gasteiger partial charge in [0.1, 0.15) is 0 Å². The Kier molecular flexibility index (Phi) is 1.91. The number of pyridine rings is 1. The lowest BCUT2D eigenvalue weighted by Gasteiger charge is -2.19. The Morgan fingerprint density at radius 3 is 2.36 bits per heavy atom. The van der Waals surface area contributed by atoms with Crippen molar-refractivity contribution in [1.29, 1.82) is 0 Å². The first-order valence-corrected chi connectivity index (χ1v) is 5.08. The van der Waals surface area contributed by atoms with Crippen LogP contribution in [-0.4, -0.2) is 4.40 Å². The Morgan fingerprint density at radius 1 is 1.00 bits per heavy atom. The zero-order chi connectivity index (χ0) is 10.3. The third-order valence-electron chi connectivity index (χ3n) is 2.64. The van der Waals surface area contributed by atoms with Gasteiger partial charge in [-0.3, -0.25) is 0 Å². The molecule has 2 aromatic heterocycles. The molecular formula is C13H17N. The van der Waals surface area contributed by atoms with Crippen molar-refractivity contribution in [2.75, 3.05) is 0 Å². The van der Waals surface area contributed by atoms with E-state index in [0.29, 0.717) is 0 Å². The number of hydrogen-bond acceptors (Lipinski definition) is 0. The van der Waals surface area contributed by atoms with Gasteiger partial charge in [0.2, 0.25) is 0 Å². The molecule has 0 fully saturated rings. The van der Waals surface area contributed by atoms with Gasteiger partial charge in [-0.25, -0.2) is 0 Å². The Hall–Kier alpha value is -1.24. The average molecular weight is 187 g/mol. The molecule has 0 unspecified atom stereocenters. The molecule has 0 bridgehead atoms. The van der Waals surface area contributed by atoms with E-state index in [2.05, 4.69) is 62.4 Å². The van der Waals surface area contributed by atoms with Crippen molar-refractivity contribution < 1.29 is 0 Å². The molecule has 74 valence electrons. The van der Waals surface area contributed by atoms with Crippen LogP contribution in [0.25, 0.3) is 5.52 Å². The summed E-state index contributed by atoms with van der Waals surface area (Å²) in [5.74, 6) is 0. The van der Waals surface area contributed by atoms with E-state index in [1.54, 1.807) is 0 Å². The van der Waals surface area contributed by atoms with E-state index in [1.807, 2.05) is 0 Å². The maximum atomic E-state index is 2.33. The highest BCUT2D eigenvalue weighted by atomic mass is 14.9. The molecule has 2 aromatic rings. The van der Waals surface area contributed by atoms with E-state index in [-0.39, 0.29) is 5.41 Å². The molecule has 0 spiro atoms. The fourth-order valence-electron chi connectivity index (χ4n) is 1.92. The maximum absolute atomic E-state index is 2.33. The Bertz CT molecular complexity index is 458. The lowest BCUT2D eigenvalue weighted by Crippen LogP contribution is -2.15. The summed E-state index contributed by atoms with van der Waals surface area (Å²) < 4.78 is 2.33. The summed E-state index contributed by atoms with van der Waals surface area (Å²) in [6, 6.07) is 10.8. The van der Waals surface area contributed by atoms with E-state index >= 15 is 0 Å². The first kappa shape index (κ1) is 9.32. The van der Waals surface area contributed by atoms with Crippen LogP contribution in [0.5, 0.6) is 0 Å². The molecule has 0 amide bonds. The number of fused-ring (bicyclic) bond motifs is 1. The molecule has 0 saturated heterocycles. The second kappa shape index (κ2) is 2.88. The lowest BCUT2D eigenvalue weighted by atomic mass is 9.92. The van der Waals surface area contributed by atoms with Gasteiger partial charge in [0, 0.05) is 22.3 Å². The Morgan fingerprint density at radius 2 is 1.71 bits per heavy atom. The zero-order valence-electron chi connectivity index (χ0n) is 9.33. The zero-order valence-corrected chi connectivity index (χ0v) is 9.33. The summed E-state index contributed by atoms with van der Waals surface area (Å²) in [5, 5.41) is 0. The van der Waals surface area contributed by atoms with Gasteiger partial charge in [-0.05, 0) is 31.2 Å². The molecule has 1 heteroatoms. The lowest BCUT2D eigenvalue weighted by molar-refractivity contribution is 0.562. The van der Waals surface area contributed by atoms with Crippen LogP contribution in [-0.2, 0) is 5.41 Å². The van der Waals surface area contributed by atoms with Crippen molar-refractivity contribution in [3.8, 4) is 0 Å². The monoisotopic (exact) mass is 187 g/mol. The van der Waals surface area contributed by atoms with Crippen LogP contribution in [0, 0.1) is 6.92 Å². The first-order chi connectivity index (χ1) is 6.50. The Balaban J connectivity index is 2.80. The summed E-state index contributed by atoms with van der Waals surface area (Å²) in [6.07, 6.45) is 0. The van der Waals surface area contributed by atoms with Gasteiger partial charge in [-0.2, -0.15) is 0 Å². The van der Waals surface area contributed by atoms with Crippen LogP contribution in [0.3, 0.4) is 0 Å². The third kappa shape index (κ3) is 1.33. The van der Waals surface area contributed by atoms with Crippen LogP contribution in [0.4, 0.5) is 0 Å².